The molecule has 1 aliphatic heterocycles. The first kappa shape index (κ1) is 13.8. The van der Waals surface area contributed by atoms with E-state index < -0.39 is 12.0 Å². The summed E-state index contributed by atoms with van der Waals surface area (Å²) >= 11 is 0. The maximum atomic E-state index is 11.5. The van der Waals surface area contributed by atoms with Crippen molar-refractivity contribution in [1.82, 2.24) is 19.9 Å². The average molecular weight is 289 g/mol. The van der Waals surface area contributed by atoms with Crippen LogP contribution in [0.2, 0.25) is 0 Å². The molecule has 3 heterocycles. The van der Waals surface area contributed by atoms with E-state index in [1.165, 1.54) is 0 Å². The Hall–Kier alpha value is -2.15. The normalized spacial score (nSPS) is 19.4. The maximum absolute atomic E-state index is 11.5. The topological polar surface area (TPSA) is 82.8 Å². The standard InChI is InChI=1S/C14H19N5O2/c1-9(2)10-7-11-13(16-4-6-19(11)17-10)18-5-3-15-8-12(18)14(20)21/h4,6-7,9,12,15H,3,5,8H2,1-2H3,(H,20,21). The summed E-state index contributed by atoms with van der Waals surface area (Å²) in [6.07, 6.45) is 3.46. The van der Waals surface area contributed by atoms with Gasteiger partial charge in [0.25, 0.3) is 0 Å². The molecule has 7 heteroatoms. The molecular weight excluding hydrogens is 270 g/mol. The Labute approximate surface area is 122 Å². The lowest BCUT2D eigenvalue weighted by Crippen LogP contribution is -2.55. The molecule has 0 radical (unpaired) electrons. The number of rotatable bonds is 3. The minimum Gasteiger partial charge on any atom is -0.480 e. The van der Waals surface area contributed by atoms with Crippen LogP contribution >= 0.6 is 0 Å². The highest BCUT2D eigenvalue weighted by atomic mass is 16.4. The highest BCUT2D eigenvalue weighted by Gasteiger charge is 2.30. The number of nitrogens with zero attached hydrogens (tertiary/aromatic N) is 4. The molecule has 2 N–H and O–H groups in total. The van der Waals surface area contributed by atoms with Gasteiger partial charge in [-0.1, -0.05) is 13.8 Å². The van der Waals surface area contributed by atoms with E-state index in [1.807, 2.05) is 11.0 Å². The van der Waals surface area contributed by atoms with E-state index in [0.717, 1.165) is 17.8 Å². The van der Waals surface area contributed by atoms with Crippen LogP contribution in [0.4, 0.5) is 5.82 Å². The van der Waals surface area contributed by atoms with Crippen LogP contribution in [-0.2, 0) is 4.79 Å². The van der Waals surface area contributed by atoms with E-state index in [4.69, 9.17) is 0 Å². The zero-order valence-electron chi connectivity index (χ0n) is 12.2. The molecule has 3 rings (SSSR count). The predicted octanol–water partition coefficient (Wildman–Crippen LogP) is 0.715. The van der Waals surface area contributed by atoms with E-state index in [-0.39, 0.29) is 0 Å². The van der Waals surface area contributed by atoms with Crippen molar-refractivity contribution in [2.45, 2.75) is 25.8 Å². The van der Waals surface area contributed by atoms with Crippen LogP contribution in [0.3, 0.4) is 0 Å². The van der Waals surface area contributed by atoms with Gasteiger partial charge in [0.15, 0.2) is 5.82 Å². The first-order valence-corrected chi connectivity index (χ1v) is 7.12. The average Bonchev–Trinajstić information content (AvgIpc) is 2.91. The van der Waals surface area contributed by atoms with Crippen LogP contribution in [0.5, 0.6) is 0 Å². The molecule has 1 fully saturated rings. The van der Waals surface area contributed by atoms with Crippen LogP contribution in [-0.4, -0.2) is 51.4 Å². The van der Waals surface area contributed by atoms with Gasteiger partial charge < -0.3 is 15.3 Å². The van der Waals surface area contributed by atoms with Gasteiger partial charge in [0.1, 0.15) is 11.6 Å². The molecule has 0 amide bonds. The van der Waals surface area contributed by atoms with Crippen LogP contribution in [0.25, 0.3) is 5.52 Å². The first-order valence-electron chi connectivity index (χ1n) is 7.12. The molecule has 1 saturated heterocycles. The number of anilines is 1. The molecule has 21 heavy (non-hydrogen) atoms. The van der Waals surface area contributed by atoms with E-state index in [0.29, 0.717) is 24.8 Å². The molecule has 0 spiro atoms. The van der Waals surface area contributed by atoms with Crippen molar-refractivity contribution < 1.29 is 9.90 Å². The third-order valence-corrected chi connectivity index (χ3v) is 3.78. The Morgan fingerprint density at radius 2 is 2.33 bits per heavy atom. The molecule has 0 saturated carbocycles. The minimum atomic E-state index is -0.838. The largest absolute Gasteiger partial charge is 0.480 e. The molecule has 2 aromatic heterocycles. The summed E-state index contributed by atoms with van der Waals surface area (Å²) in [5.74, 6) is 0.163. The number of hydrogen-bond acceptors (Lipinski definition) is 5. The molecule has 112 valence electrons. The van der Waals surface area contributed by atoms with Gasteiger partial charge in [-0.3, -0.25) is 0 Å². The minimum absolute atomic E-state index is 0.316. The van der Waals surface area contributed by atoms with Gasteiger partial charge in [0.05, 0.1) is 5.69 Å². The summed E-state index contributed by atoms with van der Waals surface area (Å²) in [5.41, 5.74) is 1.83. The number of fused-ring (bicyclic) bond motifs is 1. The number of hydrogen-bond donors (Lipinski definition) is 2. The van der Waals surface area contributed by atoms with E-state index in [1.54, 1.807) is 16.9 Å². The Bertz CT molecular complexity index is 666. The van der Waals surface area contributed by atoms with Gasteiger partial charge in [-0.15, -0.1) is 0 Å². The predicted molar refractivity (Wildman–Crippen MR) is 78.7 cm³/mol. The van der Waals surface area contributed by atoms with Gasteiger partial charge in [-0.25, -0.2) is 14.3 Å². The van der Waals surface area contributed by atoms with Gasteiger partial charge in [0.2, 0.25) is 0 Å². The molecule has 0 aromatic carbocycles. The highest BCUT2D eigenvalue weighted by molar-refractivity contribution is 5.81. The molecule has 0 bridgehead atoms. The van der Waals surface area contributed by atoms with E-state index in [2.05, 4.69) is 29.2 Å². The van der Waals surface area contributed by atoms with Crippen LogP contribution in [0.1, 0.15) is 25.5 Å². The third-order valence-electron chi connectivity index (χ3n) is 3.78. The zero-order chi connectivity index (χ0) is 15.0. The molecule has 2 aromatic rings. The fourth-order valence-corrected chi connectivity index (χ4v) is 2.61. The summed E-state index contributed by atoms with van der Waals surface area (Å²) in [7, 11) is 0. The second kappa shape index (κ2) is 5.33. The summed E-state index contributed by atoms with van der Waals surface area (Å²) in [6, 6.07) is 1.39. The van der Waals surface area contributed by atoms with Gasteiger partial charge in [-0.2, -0.15) is 5.10 Å². The number of aliphatic carboxylic acids is 1. The fourth-order valence-electron chi connectivity index (χ4n) is 2.61. The second-order valence-corrected chi connectivity index (χ2v) is 5.56. The number of aromatic nitrogens is 3. The maximum Gasteiger partial charge on any atom is 0.327 e. The summed E-state index contributed by atoms with van der Waals surface area (Å²) < 4.78 is 1.78. The van der Waals surface area contributed by atoms with Crippen molar-refractivity contribution in [2.75, 3.05) is 24.5 Å². The van der Waals surface area contributed by atoms with Crippen molar-refractivity contribution >= 4 is 17.3 Å². The molecule has 7 nitrogen and oxygen atoms in total. The Balaban J connectivity index is 2.08. The summed E-state index contributed by atoms with van der Waals surface area (Å²) in [6.45, 7) is 5.95. The highest BCUT2D eigenvalue weighted by Crippen LogP contribution is 2.24. The molecule has 0 aliphatic carbocycles. The molecule has 1 atom stereocenters. The quantitative estimate of drug-likeness (QED) is 0.866. The number of carbonyl (C=O) groups is 1. The number of carboxylic acid groups (broad SMARTS) is 1. The second-order valence-electron chi connectivity index (χ2n) is 5.56. The molecule has 1 unspecified atom stereocenters. The fraction of sp³-hybridized carbons (Fsp3) is 0.500. The van der Waals surface area contributed by atoms with E-state index in [9.17, 15) is 9.90 Å². The summed E-state index contributed by atoms with van der Waals surface area (Å²) in [5, 5.41) is 17.0. The Morgan fingerprint density at radius 1 is 1.52 bits per heavy atom. The van der Waals surface area contributed by atoms with Gasteiger partial charge in [0, 0.05) is 32.0 Å². The van der Waals surface area contributed by atoms with Gasteiger partial charge >= 0.3 is 5.97 Å². The number of piperazine rings is 1. The Kier molecular flexibility index (Phi) is 3.50. The SMILES string of the molecule is CC(C)c1cc2c(N3CCNCC3C(=O)O)nccn2n1. The van der Waals surface area contributed by atoms with Crippen molar-refractivity contribution in [3.05, 3.63) is 24.2 Å². The smallest absolute Gasteiger partial charge is 0.327 e. The lowest BCUT2D eigenvalue weighted by molar-refractivity contribution is -0.138. The summed E-state index contributed by atoms with van der Waals surface area (Å²) in [4.78, 5) is 17.7. The van der Waals surface area contributed by atoms with Crippen LogP contribution in [0, 0.1) is 0 Å². The van der Waals surface area contributed by atoms with Crippen molar-refractivity contribution in [3.8, 4) is 0 Å². The van der Waals surface area contributed by atoms with Crippen molar-refractivity contribution in [2.24, 2.45) is 0 Å². The van der Waals surface area contributed by atoms with Crippen LogP contribution < -0.4 is 10.2 Å². The molecule has 1 aliphatic rings. The van der Waals surface area contributed by atoms with Gasteiger partial charge in [-0.05, 0) is 12.0 Å². The van der Waals surface area contributed by atoms with Crippen molar-refractivity contribution in [3.63, 3.8) is 0 Å². The third kappa shape index (κ3) is 2.44. The lowest BCUT2D eigenvalue weighted by Gasteiger charge is -2.34. The number of carboxylic acids is 1. The molecular formula is C14H19N5O2. The van der Waals surface area contributed by atoms with E-state index >= 15 is 0 Å². The zero-order valence-corrected chi connectivity index (χ0v) is 12.2. The number of nitrogens with one attached hydrogen (secondary N) is 1. The van der Waals surface area contributed by atoms with Crippen LogP contribution in [0.15, 0.2) is 18.5 Å². The monoisotopic (exact) mass is 289 g/mol. The lowest BCUT2D eigenvalue weighted by atomic mass is 10.1. The first-order chi connectivity index (χ1) is 10.1. The Morgan fingerprint density at radius 3 is 3.05 bits per heavy atom. The van der Waals surface area contributed by atoms with Crippen molar-refractivity contribution in [1.29, 1.82) is 0 Å².